The molecule has 1 saturated heterocycles. The van der Waals surface area contributed by atoms with E-state index in [1.165, 1.54) is 4.90 Å². The molecular formula is C10H18N2O3S. The molecule has 0 aromatic rings. The number of rotatable bonds is 3. The number of nitrogens with one attached hydrogen (secondary N) is 1. The Morgan fingerprint density at radius 3 is 2.50 bits per heavy atom. The van der Waals surface area contributed by atoms with Gasteiger partial charge in [-0.05, 0) is 20.8 Å². The lowest BCUT2D eigenvalue weighted by atomic mass is 10.1. The fraction of sp³-hybridized carbons (Fsp3) is 0.800. The highest BCUT2D eigenvalue weighted by atomic mass is 32.2. The lowest BCUT2D eigenvalue weighted by molar-refractivity contribution is -0.149. The summed E-state index contributed by atoms with van der Waals surface area (Å²) in [4.78, 5) is 25.0. The summed E-state index contributed by atoms with van der Waals surface area (Å²) in [6, 6.07) is -1.15. The fourth-order valence-corrected chi connectivity index (χ4v) is 2.80. The Balaban J connectivity index is 2.85. The van der Waals surface area contributed by atoms with Crippen molar-refractivity contribution in [1.82, 2.24) is 10.2 Å². The molecule has 4 atom stereocenters. The van der Waals surface area contributed by atoms with Gasteiger partial charge in [0.25, 0.3) is 0 Å². The Morgan fingerprint density at radius 2 is 2.00 bits per heavy atom. The average Bonchev–Trinajstić information content (AvgIpc) is 2.14. The zero-order valence-corrected chi connectivity index (χ0v) is 10.8. The third kappa shape index (κ3) is 2.61. The monoisotopic (exact) mass is 246 g/mol. The summed E-state index contributed by atoms with van der Waals surface area (Å²) < 4.78 is 11.1. The van der Waals surface area contributed by atoms with Crippen molar-refractivity contribution < 1.29 is 13.8 Å². The first-order chi connectivity index (χ1) is 7.34. The van der Waals surface area contributed by atoms with Gasteiger partial charge in [0.1, 0.15) is 12.1 Å². The molecule has 1 aliphatic rings. The first-order valence-electron chi connectivity index (χ1n) is 5.27. The van der Waals surface area contributed by atoms with E-state index in [0.29, 0.717) is 5.75 Å². The molecule has 1 fully saturated rings. The first-order valence-corrected chi connectivity index (χ1v) is 7.00. The van der Waals surface area contributed by atoms with Gasteiger partial charge in [0.2, 0.25) is 11.8 Å². The van der Waals surface area contributed by atoms with Gasteiger partial charge in [-0.2, -0.15) is 0 Å². The number of nitrogens with zero attached hydrogens (tertiary/aromatic N) is 1. The Hall–Kier alpha value is -0.910. The summed E-state index contributed by atoms with van der Waals surface area (Å²) >= 11 is 0. The predicted molar refractivity (Wildman–Crippen MR) is 62.3 cm³/mol. The number of carbonyl (C=O) groups excluding carboxylic acids is 2. The van der Waals surface area contributed by atoms with Crippen molar-refractivity contribution in [2.24, 2.45) is 0 Å². The van der Waals surface area contributed by atoms with Crippen molar-refractivity contribution in [2.75, 3.05) is 12.0 Å². The highest BCUT2D eigenvalue weighted by Gasteiger charge is 2.38. The van der Waals surface area contributed by atoms with Crippen LogP contribution >= 0.6 is 0 Å². The Labute approximate surface area is 98.0 Å². The number of amides is 2. The zero-order chi connectivity index (χ0) is 12.5. The second kappa shape index (κ2) is 4.95. The maximum atomic E-state index is 11.9. The molecule has 0 radical (unpaired) electrons. The highest BCUT2D eigenvalue weighted by molar-refractivity contribution is 7.84. The van der Waals surface area contributed by atoms with E-state index in [1.54, 1.807) is 20.1 Å². The minimum absolute atomic E-state index is 0.106. The molecule has 92 valence electrons. The van der Waals surface area contributed by atoms with Crippen LogP contribution in [0.15, 0.2) is 0 Å². The molecular weight excluding hydrogens is 228 g/mol. The van der Waals surface area contributed by atoms with Gasteiger partial charge in [-0.25, -0.2) is 0 Å². The molecule has 1 N–H and O–H groups in total. The van der Waals surface area contributed by atoms with E-state index in [-0.39, 0.29) is 17.9 Å². The van der Waals surface area contributed by atoms with Crippen molar-refractivity contribution in [3.63, 3.8) is 0 Å². The van der Waals surface area contributed by atoms with E-state index in [0.717, 1.165) is 0 Å². The standard InChI is InChI=1S/C10H18N2O3S/c1-6(5-16(4)15)12-8(3)9(13)11-7(2)10(12)14/h6-8H,5H2,1-4H3,(H,11,13). The third-order valence-corrected chi connectivity index (χ3v) is 3.68. The average molecular weight is 246 g/mol. The van der Waals surface area contributed by atoms with Crippen molar-refractivity contribution in [2.45, 2.75) is 38.9 Å². The van der Waals surface area contributed by atoms with E-state index in [4.69, 9.17) is 0 Å². The molecule has 0 aromatic carbocycles. The van der Waals surface area contributed by atoms with E-state index in [2.05, 4.69) is 5.32 Å². The molecule has 1 aliphatic heterocycles. The third-order valence-electron chi connectivity index (χ3n) is 2.73. The normalized spacial score (nSPS) is 29.9. The minimum atomic E-state index is -0.975. The summed E-state index contributed by atoms with van der Waals surface area (Å²) in [7, 11) is -0.975. The Morgan fingerprint density at radius 1 is 1.44 bits per heavy atom. The van der Waals surface area contributed by atoms with Gasteiger partial charge in [-0.3, -0.25) is 13.8 Å². The lowest BCUT2D eigenvalue weighted by Gasteiger charge is -2.39. The van der Waals surface area contributed by atoms with Crippen molar-refractivity contribution in [3.8, 4) is 0 Å². The van der Waals surface area contributed by atoms with Crippen molar-refractivity contribution in [1.29, 1.82) is 0 Å². The van der Waals surface area contributed by atoms with Crippen LogP contribution in [0.5, 0.6) is 0 Å². The summed E-state index contributed by atoms with van der Waals surface area (Å²) in [6.07, 6.45) is 1.60. The molecule has 0 aliphatic carbocycles. The molecule has 0 bridgehead atoms. The SMILES string of the molecule is CC1NC(=O)C(C)N(C(C)CS(C)=O)C1=O. The van der Waals surface area contributed by atoms with Crippen LogP contribution in [-0.2, 0) is 20.4 Å². The Bertz CT molecular complexity index is 332. The summed E-state index contributed by atoms with van der Waals surface area (Å²) in [5.74, 6) is 0.140. The molecule has 0 spiro atoms. The van der Waals surface area contributed by atoms with Gasteiger partial charge < -0.3 is 10.2 Å². The lowest BCUT2D eigenvalue weighted by Crippen LogP contribution is -2.64. The summed E-state index contributed by atoms with van der Waals surface area (Å²) in [5, 5.41) is 2.61. The van der Waals surface area contributed by atoms with Gasteiger partial charge in [0.15, 0.2) is 0 Å². The van der Waals surface area contributed by atoms with Crippen LogP contribution in [0.3, 0.4) is 0 Å². The van der Waals surface area contributed by atoms with Gasteiger partial charge in [0.05, 0.1) is 0 Å². The quantitative estimate of drug-likeness (QED) is 0.729. The highest BCUT2D eigenvalue weighted by Crippen LogP contribution is 2.14. The van der Waals surface area contributed by atoms with Crippen LogP contribution in [0.25, 0.3) is 0 Å². The molecule has 1 rings (SSSR count). The van der Waals surface area contributed by atoms with Crippen molar-refractivity contribution in [3.05, 3.63) is 0 Å². The van der Waals surface area contributed by atoms with Crippen LogP contribution < -0.4 is 5.32 Å². The molecule has 1 heterocycles. The molecule has 0 saturated carbocycles. The minimum Gasteiger partial charge on any atom is -0.343 e. The van der Waals surface area contributed by atoms with Crippen LogP contribution in [0, 0.1) is 0 Å². The summed E-state index contributed by atoms with van der Waals surface area (Å²) in [6.45, 7) is 5.17. The van der Waals surface area contributed by atoms with Gasteiger partial charge in [0, 0.05) is 28.9 Å². The molecule has 16 heavy (non-hydrogen) atoms. The topological polar surface area (TPSA) is 66.5 Å². The molecule has 2 amide bonds. The summed E-state index contributed by atoms with van der Waals surface area (Å²) in [5.41, 5.74) is 0. The van der Waals surface area contributed by atoms with Crippen LogP contribution in [0.2, 0.25) is 0 Å². The Kier molecular flexibility index (Phi) is 4.07. The van der Waals surface area contributed by atoms with Gasteiger partial charge in [-0.1, -0.05) is 0 Å². The van der Waals surface area contributed by atoms with Crippen LogP contribution in [0.1, 0.15) is 20.8 Å². The maximum Gasteiger partial charge on any atom is 0.245 e. The largest absolute Gasteiger partial charge is 0.343 e. The first kappa shape index (κ1) is 13.2. The van der Waals surface area contributed by atoms with Crippen molar-refractivity contribution >= 4 is 22.6 Å². The van der Waals surface area contributed by atoms with Crippen LogP contribution in [0.4, 0.5) is 0 Å². The number of hydrogen-bond donors (Lipinski definition) is 1. The number of carbonyl (C=O) groups is 2. The smallest absolute Gasteiger partial charge is 0.245 e. The van der Waals surface area contributed by atoms with E-state index in [9.17, 15) is 13.8 Å². The molecule has 6 heteroatoms. The molecule has 4 unspecified atom stereocenters. The molecule has 5 nitrogen and oxygen atoms in total. The van der Waals surface area contributed by atoms with Gasteiger partial charge in [-0.15, -0.1) is 0 Å². The predicted octanol–water partition coefficient (Wildman–Crippen LogP) is -0.511. The number of hydrogen-bond acceptors (Lipinski definition) is 3. The van der Waals surface area contributed by atoms with E-state index < -0.39 is 22.9 Å². The van der Waals surface area contributed by atoms with E-state index >= 15 is 0 Å². The molecule has 0 aromatic heterocycles. The van der Waals surface area contributed by atoms with Gasteiger partial charge >= 0.3 is 0 Å². The second-order valence-electron chi connectivity index (χ2n) is 4.24. The second-order valence-corrected chi connectivity index (χ2v) is 5.72. The van der Waals surface area contributed by atoms with Crippen LogP contribution in [-0.4, -0.2) is 51.1 Å². The zero-order valence-electron chi connectivity index (χ0n) is 10.0. The fourth-order valence-electron chi connectivity index (χ4n) is 1.96. The van der Waals surface area contributed by atoms with E-state index in [1.807, 2.05) is 6.92 Å². The number of piperazine rings is 1. The maximum absolute atomic E-state index is 11.9.